The number of aliphatic hydroxyl groups is 1. The van der Waals surface area contributed by atoms with Crippen molar-refractivity contribution >= 4 is 0 Å². The highest BCUT2D eigenvalue weighted by Crippen LogP contribution is 2.27. The Morgan fingerprint density at radius 3 is 2.75 bits per heavy atom. The molecule has 24 heavy (non-hydrogen) atoms. The van der Waals surface area contributed by atoms with E-state index in [-0.39, 0.29) is 6.61 Å². The molecule has 0 saturated carbocycles. The van der Waals surface area contributed by atoms with Crippen LogP contribution in [0, 0.1) is 0 Å². The first-order valence-electron chi connectivity index (χ1n) is 8.64. The van der Waals surface area contributed by atoms with Crippen LogP contribution < -0.4 is 4.74 Å². The van der Waals surface area contributed by atoms with Crippen LogP contribution in [0.5, 0.6) is 5.75 Å². The third kappa shape index (κ3) is 4.10. The third-order valence-electron chi connectivity index (χ3n) is 4.59. The van der Waals surface area contributed by atoms with Crippen molar-refractivity contribution in [3.63, 3.8) is 0 Å². The minimum atomic E-state index is 0.0118. The van der Waals surface area contributed by atoms with Gasteiger partial charge in [0.1, 0.15) is 5.75 Å². The van der Waals surface area contributed by atoms with Gasteiger partial charge in [0, 0.05) is 36.6 Å². The smallest absolute Gasteiger partial charge is 0.124 e. The molecular formula is C19H25N3O2. The molecule has 1 aromatic carbocycles. The molecule has 1 N–H and O–H groups in total. The van der Waals surface area contributed by atoms with Crippen molar-refractivity contribution in [1.29, 1.82) is 0 Å². The van der Waals surface area contributed by atoms with Crippen LogP contribution in [0.15, 0.2) is 36.8 Å². The lowest BCUT2D eigenvalue weighted by Crippen LogP contribution is -2.32. The number of hydrogen-bond donors (Lipinski definition) is 1. The molecule has 1 saturated heterocycles. The van der Waals surface area contributed by atoms with Crippen molar-refractivity contribution in [1.82, 2.24) is 14.9 Å². The molecule has 5 nitrogen and oxygen atoms in total. The van der Waals surface area contributed by atoms with Gasteiger partial charge in [-0.1, -0.05) is 6.07 Å². The summed E-state index contributed by atoms with van der Waals surface area (Å²) in [6.45, 7) is 5.61. The Morgan fingerprint density at radius 2 is 2.08 bits per heavy atom. The van der Waals surface area contributed by atoms with Gasteiger partial charge in [-0.15, -0.1) is 0 Å². The number of piperidine rings is 1. The Kier molecular flexibility index (Phi) is 5.77. The fraction of sp³-hybridized carbons (Fsp3) is 0.474. The summed E-state index contributed by atoms with van der Waals surface area (Å²) in [5, 5.41) is 9.53. The van der Waals surface area contributed by atoms with Crippen LogP contribution >= 0.6 is 0 Å². The summed E-state index contributed by atoms with van der Waals surface area (Å²) in [6.07, 6.45) is 7.62. The van der Waals surface area contributed by atoms with Crippen molar-refractivity contribution in [2.45, 2.75) is 38.8 Å². The zero-order valence-corrected chi connectivity index (χ0v) is 14.2. The van der Waals surface area contributed by atoms with Crippen LogP contribution in [0.4, 0.5) is 0 Å². The second kappa shape index (κ2) is 8.22. The standard InChI is InChI=1S/C19H25N3O2/c1-2-24-19-4-3-15(11-17(19)14-23)13-22-9-5-16(6-10-22)18-12-20-7-8-21-18/h3-4,7-8,11-12,16,23H,2,5-6,9-10,13-14H2,1H3. The van der Waals surface area contributed by atoms with E-state index >= 15 is 0 Å². The van der Waals surface area contributed by atoms with Crippen molar-refractivity contribution in [3.05, 3.63) is 53.6 Å². The molecule has 2 heterocycles. The van der Waals surface area contributed by atoms with Crippen LogP contribution in [0.25, 0.3) is 0 Å². The number of aromatic nitrogens is 2. The summed E-state index contributed by atoms with van der Waals surface area (Å²) < 4.78 is 5.55. The van der Waals surface area contributed by atoms with Gasteiger partial charge in [-0.3, -0.25) is 14.9 Å². The van der Waals surface area contributed by atoms with Crippen molar-refractivity contribution in [3.8, 4) is 5.75 Å². The lowest BCUT2D eigenvalue weighted by molar-refractivity contribution is 0.202. The van der Waals surface area contributed by atoms with Crippen molar-refractivity contribution < 1.29 is 9.84 Å². The van der Waals surface area contributed by atoms with Crippen LogP contribution in [-0.2, 0) is 13.2 Å². The van der Waals surface area contributed by atoms with E-state index in [1.54, 1.807) is 12.4 Å². The number of aliphatic hydroxyl groups excluding tert-OH is 1. The zero-order chi connectivity index (χ0) is 16.8. The normalized spacial score (nSPS) is 16.2. The van der Waals surface area contributed by atoms with E-state index in [9.17, 15) is 5.11 Å². The lowest BCUT2D eigenvalue weighted by atomic mass is 9.93. The Hall–Kier alpha value is -1.98. The molecule has 1 fully saturated rings. The highest BCUT2D eigenvalue weighted by molar-refractivity contribution is 5.37. The summed E-state index contributed by atoms with van der Waals surface area (Å²) in [5.74, 6) is 1.30. The highest BCUT2D eigenvalue weighted by atomic mass is 16.5. The summed E-state index contributed by atoms with van der Waals surface area (Å²) in [5.41, 5.74) is 3.20. The molecule has 3 rings (SSSR count). The van der Waals surface area contributed by atoms with Crippen LogP contribution in [0.1, 0.15) is 42.5 Å². The van der Waals surface area contributed by atoms with Gasteiger partial charge in [0.2, 0.25) is 0 Å². The number of ether oxygens (including phenoxy) is 1. The Bertz CT molecular complexity index is 640. The summed E-state index contributed by atoms with van der Waals surface area (Å²) in [4.78, 5) is 11.1. The molecule has 0 radical (unpaired) electrons. The molecular weight excluding hydrogens is 302 g/mol. The maximum atomic E-state index is 9.53. The van der Waals surface area contributed by atoms with Crippen LogP contribution in [0.3, 0.4) is 0 Å². The topological polar surface area (TPSA) is 58.5 Å². The number of likely N-dealkylation sites (tertiary alicyclic amines) is 1. The van der Waals surface area contributed by atoms with E-state index in [0.717, 1.165) is 49.5 Å². The van der Waals surface area contributed by atoms with E-state index in [4.69, 9.17) is 4.74 Å². The first-order chi connectivity index (χ1) is 11.8. The van der Waals surface area contributed by atoms with E-state index in [0.29, 0.717) is 12.5 Å². The van der Waals surface area contributed by atoms with Gasteiger partial charge in [-0.25, -0.2) is 0 Å². The second-order valence-electron chi connectivity index (χ2n) is 6.21. The number of nitrogens with zero attached hydrogens (tertiary/aromatic N) is 3. The Morgan fingerprint density at radius 1 is 1.25 bits per heavy atom. The molecule has 0 aliphatic carbocycles. The largest absolute Gasteiger partial charge is 0.494 e. The average molecular weight is 327 g/mol. The summed E-state index contributed by atoms with van der Waals surface area (Å²) in [6, 6.07) is 6.12. The fourth-order valence-electron chi connectivity index (χ4n) is 3.32. The zero-order valence-electron chi connectivity index (χ0n) is 14.2. The van der Waals surface area contributed by atoms with Gasteiger partial charge in [0.05, 0.1) is 18.9 Å². The Labute approximate surface area is 143 Å². The van der Waals surface area contributed by atoms with Crippen LogP contribution in [0.2, 0.25) is 0 Å². The fourth-order valence-corrected chi connectivity index (χ4v) is 3.32. The van der Waals surface area contributed by atoms with Gasteiger partial charge in [-0.2, -0.15) is 0 Å². The van der Waals surface area contributed by atoms with E-state index in [1.165, 1.54) is 5.56 Å². The monoisotopic (exact) mass is 327 g/mol. The lowest BCUT2D eigenvalue weighted by Gasteiger charge is -2.31. The molecule has 1 aliphatic heterocycles. The van der Waals surface area contributed by atoms with Gasteiger partial charge in [0.15, 0.2) is 0 Å². The van der Waals surface area contributed by atoms with E-state index in [1.807, 2.05) is 19.2 Å². The molecule has 128 valence electrons. The van der Waals surface area contributed by atoms with E-state index < -0.39 is 0 Å². The average Bonchev–Trinajstić information content (AvgIpc) is 2.64. The molecule has 0 bridgehead atoms. The molecule has 1 aliphatic rings. The maximum absolute atomic E-state index is 9.53. The number of hydrogen-bond acceptors (Lipinski definition) is 5. The van der Waals surface area contributed by atoms with Gasteiger partial charge in [0.25, 0.3) is 0 Å². The van der Waals surface area contributed by atoms with Gasteiger partial charge < -0.3 is 9.84 Å². The molecule has 0 atom stereocenters. The van der Waals surface area contributed by atoms with Crippen molar-refractivity contribution in [2.75, 3.05) is 19.7 Å². The van der Waals surface area contributed by atoms with Gasteiger partial charge >= 0.3 is 0 Å². The first kappa shape index (κ1) is 16.9. The molecule has 2 aromatic rings. The minimum absolute atomic E-state index is 0.0118. The molecule has 1 aromatic heterocycles. The third-order valence-corrected chi connectivity index (χ3v) is 4.59. The molecule has 0 unspecified atom stereocenters. The summed E-state index contributed by atoms with van der Waals surface area (Å²) in [7, 11) is 0. The number of benzene rings is 1. The molecule has 5 heteroatoms. The highest BCUT2D eigenvalue weighted by Gasteiger charge is 2.21. The molecule has 0 spiro atoms. The quantitative estimate of drug-likeness (QED) is 0.884. The minimum Gasteiger partial charge on any atom is -0.494 e. The predicted molar refractivity (Wildman–Crippen MR) is 92.8 cm³/mol. The maximum Gasteiger partial charge on any atom is 0.124 e. The SMILES string of the molecule is CCOc1ccc(CN2CCC(c3cnccn3)CC2)cc1CO. The van der Waals surface area contributed by atoms with E-state index in [2.05, 4.69) is 27.0 Å². The predicted octanol–water partition coefficient (Wildman–Crippen LogP) is 2.75. The second-order valence-corrected chi connectivity index (χ2v) is 6.21. The summed E-state index contributed by atoms with van der Waals surface area (Å²) >= 11 is 0. The number of rotatable bonds is 6. The van der Waals surface area contributed by atoms with Crippen LogP contribution in [-0.4, -0.2) is 39.7 Å². The van der Waals surface area contributed by atoms with Gasteiger partial charge in [-0.05, 0) is 50.6 Å². The first-order valence-corrected chi connectivity index (χ1v) is 8.64. The Balaban J connectivity index is 1.58. The van der Waals surface area contributed by atoms with Crippen molar-refractivity contribution in [2.24, 2.45) is 0 Å². The molecule has 0 amide bonds.